The minimum atomic E-state index is 0.0563. The second kappa shape index (κ2) is 7.78. The highest BCUT2D eigenvalue weighted by atomic mass is 32.2. The van der Waals surface area contributed by atoms with Gasteiger partial charge in [0.2, 0.25) is 5.16 Å². The Labute approximate surface area is 151 Å². The maximum Gasteiger partial charge on any atom is 0.224 e. The van der Waals surface area contributed by atoms with Crippen molar-refractivity contribution in [3.8, 4) is 0 Å². The third kappa shape index (κ3) is 3.58. The summed E-state index contributed by atoms with van der Waals surface area (Å²) in [5.74, 6) is 0.715. The highest BCUT2D eigenvalue weighted by Gasteiger charge is 2.23. The molecule has 0 spiro atoms. The van der Waals surface area contributed by atoms with Crippen molar-refractivity contribution >= 4 is 29.0 Å². The first-order valence-electron chi connectivity index (χ1n) is 8.38. The van der Waals surface area contributed by atoms with E-state index in [0.29, 0.717) is 11.5 Å². The Bertz CT molecular complexity index is 873. The van der Waals surface area contributed by atoms with Crippen molar-refractivity contribution in [2.45, 2.75) is 38.8 Å². The summed E-state index contributed by atoms with van der Waals surface area (Å²) in [4.78, 5) is 15.3. The molecule has 1 aliphatic heterocycles. The van der Waals surface area contributed by atoms with Gasteiger partial charge in [-0.1, -0.05) is 18.2 Å². The molecule has 0 N–H and O–H groups in total. The van der Waals surface area contributed by atoms with Gasteiger partial charge in [0.05, 0.1) is 5.39 Å². The average molecular weight is 356 g/mol. The third-order valence-electron chi connectivity index (χ3n) is 4.12. The second-order valence-electron chi connectivity index (χ2n) is 5.90. The van der Waals surface area contributed by atoms with Crippen LogP contribution in [-0.2, 0) is 0 Å². The molecule has 0 fully saturated rings. The van der Waals surface area contributed by atoms with Crippen LogP contribution in [-0.4, -0.2) is 21.5 Å². The van der Waals surface area contributed by atoms with E-state index in [4.69, 9.17) is 0 Å². The number of hydrogen-bond donors (Lipinski definition) is 0. The van der Waals surface area contributed by atoms with Crippen molar-refractivity contribution in [3.05, 3.63) is 53.4 Å². The van der Waals surface area contributed by atoms with Gasteiger partial charge < -0.3 is 4.90 Å². The van der Waals surface area contributed by atoms with E-state index in [-0.39, 0.29) is 17.3 Å². The average Bonchev–Trinajstić information content (AvgIpc) is 2.62. The lowest BCUT2D eigenvalue weighted by atomic mass is 10.0. The zero-order valence-corrected chi connectivity index (χ0v) is 15.5. The minimum absolute atomic E-state index is 0.0563. The van der Waals surface area contributed by atoms with Gasteiger partial charge in [0.1, 0.15) is 18.0 Å². The number of allylic oxidation sites excluding steroid dienone is 5. The molecule has 0 aromatic carbocycles. The van der Waals surface area contributed by atoms with Crippen molar-refractivity contribution < 1.29 is 3.89 Å². The molecule has 4 nitrogen and oxygen atoms in total. The summed E-state index contributed by atoms with van der Waals surface area (Å²) in [7, 11) is 0. The topological polar surface area (TPSA) is 41.9 Å². The number of aryl methyl sites for hydroxylation is 1. The van der Waals surface area contributed by atoms with Crippen LogP contribution in [0.3, 0.4) is 0 Å². The molecule has 0 saturated carbocycles. The quantitative estimate of drug-likeness (QED) is 0.694. The van der Waals surface area contributed by atoms with Gasteiger partial charge in [-0.2, -0.15) is 3.89 Å². The molecule has 0 bridgehead atoms. The molecule has 2 aromatic heterocycles. The first-order chi connectivity index (χ1) is 12.2. The van der Waals surface area contributed by atoms with E-state index >= 15 is 0 Å². The molecule has 130 valence electrons. The number of pyridine rings is 1. The number of anilines is 1. The molecule has 0 aliphatic carbocycles. The van der Waals surface area contributed by atoms with Gasteiger partial charge in [-0.3, -0.25) is 0 Å². The van der Waals surface area contributed by atoms with E-state index in [1.165, 1.54) is 5.57 Å². The van der Waals surface area contributed by atoms with Crippen LogP contribution < -0.4 is 4.90 Å². The molecule has 6 heteroatoms. The van der Waals surface area contributed by atoms with Crippen LogP contribution in [0.25, 0.3) is 11.0 Å². The summed E-state index contributed by atoms with van der Waals surface area (Å²) in [5.41, 5.74) is 3.74. The zero-order valence-electron chi connectivity index (χ0n) is 14.7. The lowest BCUT2D eigenvalue weighted by Crippen LogP contribution is -2.29. The normalized spacial score (nSPS) is 15.9. The van der Waals surface area contributed by atoms with Crippen molar-refractivity contribution in [3.63, 3.8) is 0 Å². The molecule has 2 aromatic rings. The van der Waals surface area contributed by atoms with Gasteiger partial charge >= 0.3 is 0 Å². The maximum atomic E-state index is 13.3. The Morgan fingerprint density at radius 1 is 1.12 bits per heavy atom. The molecule has 3 rings (SSSR count). The van der Waals surface area contributed by atoms with Crippen molar-refractivity contribution in [2.24, 2.45) is 0 Å². The maximum absolute atomic E-state index is 13.3. The molecule has 3 heterocycles. The second-order valence-corrected chi connectivity index (χ2v) is 6.42. The van der Waals surface area contributed by atoms with Crippen LogP contribution >= 0.6 is 12.1 Å². The van der Waals surface area contributed by atoms with E-state index in [9.17, 15) is 3.89 Å². The highest BCUT2D eigenvalue weighted by Crippen LogP contribution is 2.34. The van der Waals surface area contributed by atoms with Gasteiger partial charge in [0, 0.05) is 17.9 Å². The van der Waals surface area contributed by atoms with Crippen molar-refractivity contribution in [1.82, 2.24) is 15.0 Å². The van der Waals surface area contributed by atoms with Crippen LogP contribution in [0.4, 0.5) is 9.70 Å². The van der Waals surface area contributed by atoms with Crippen LogP contribution in [0.15, 0.2) is 52.9 Å². The van der Waals surface area contributed by atoms with E-state index in [0.717, 1.165) is 36.2 Å². The number of aromatic nitrogens is 3. The fraction of sp³-hybridized carbons (Fsp3) is 0.316. The Morgan fingerprint density at radius 3 is 2.64 bits per heavy atom. The summed E-state index contributed by atoms with van der Waals surface area (Å²) >= 11 is 0.0563. The number of nitrogens with zero attached hydrogens (tertiary/aromatic N) is 4. The lowest BCUT2D eigenvalue weighted by Gasteiger charge is -2.31. The molecular formula is C19H21FN4S. The summed E-state index contributed by atoms with van der Waals surface area (Å²) < 4.78 is 13.3. The molecule has 0 radical (unpaired) electrons. The monoisotopic (exact) mass is 356 g/mol. The summed E-state index contributed by atoms with van der Waals surface area (Å²) in [5, 5.41) is 0.936. The molecule has 0 saturated heterocycles. The van der Waals surface area contributed by atoms with Crippen LogP contribution in [0, 0.1) is 6.92 Å². The predicted molar refractivity (Wildman–Crippen MR) is 102 cm³/mol. The fourth-order valence-electron chi connectivity index (χ4n) is 3.10. The molecular weight excluding hydrogens is 335 g/mol. The number of fused-ring (bicyclic) bond motifs is 1. The Hall–Kier alpha value is -2.21. The Morgan fingerprint density at radius 2 is 1.92 bits per heavy atom. The van der Waals surface area contributed by atoms with Gasteiger partial charge in [-0.05, 0) is 57.4 Å². The van der Waals surface area contributed by atoms with Crippen molar-refractivity contribution in [1.29, 1.82) is 0 Å². The Balaban J connectivity index is 2.24. The summed E-state index contributed by atoms with van der Waals surface area (Å²) in [6, 6.07) is 3.91. The molecule has 0 unspecified atom stereocenters. The van der Waals surface area contributed by atoms with E-state index < -0.39 is 0 Å². The number of hydrogen-bond acceptors (Lipinski definition) is 5. The summed E-state index contributed by atoms with van der Waals surface area (Å²) in [6.45, 7) is 6.75. The van der Waals surface area contributed by atoms with Crippen LogP contribution in [0.1, 0.15) is 32.4 Å². The van der Waals surface area contributed by atoms with E-state index in [1.54, 1.807) is 0 Å². The third-order valence-corrected chi connectivity index (χ3v) is 4.44. The van der Waals surface area contributed by atoms with Gasteiger partial charge in [-0.25, -0.2) is 15.0 Å². The summed E-state index contributed by atoms with van der Waals surface area (Å²) in [6.07, 6.45) is 10.3. The van der Waals surface area contributed by atoms with Crippen molar-refractivity contribution in [2.75, 3.05) is 11.4 Å². The fourth-order valence-corrected chi connectivity index (χ4v) is 3.35. The molecule has 25 heavy (non-hydrogen) atoms. The number of rotatable bonds is 4. The van der Waals surface area contributed by atoms with Gasteiger partial charge in [-0.15, -0.1) is 0 Å². The van der Waals surface area contributed by atoms with E-state index in [1.807, 2.05) is 45.1 Å². The zero-order chi connectivity index (χ0) is 17.8. The minimum Gasteiger partial charge on any atom is -0.325 e. The lowest BCUT2D eigenvalue weighted by molar-refractivity contribution is 0.732. The van der Waals surface area contributed by atoms with E-state index in [2.05, 4.69) is 32.0 Å². The van der Waals surface area contributed by atoms with Gasteiger partial charge in [0.15, 0.2) is 5.65 Å². The standard InChI is InChI=1S/C19H21FN4S/c1-4-7-14-9-6-12-24(16(14)8-5-2)18-15-11-10-13(3)21-17(15)22-19(23-18)25-20/h4-5,7-8,10-11H,6,9,12H2,1-3H3/b7-4-,8-5-. The number of halogens is 1. The first-order valence-corrected chi connectivity index (χ1v) is 9.09. The first kappa shape index (κ1) is 17.6. The highest BCUT2D eigenvalue weighted by molar-refractivity contribution is 7.94. The Kier molecular flexibility index (Phi) is 5.48. The van der Waals surface area contributed by atoms with Crippen LogP contribution in [0.5, 0.6) is 0 Å². The smallest absolute Gasteiger partial charge is 0.224 e. The molecule has 0 amide bonds. The van der Waals surface area contributed by atoms with Crippen LogP contribution in [0.2, 0.25) is 0 Å². The van der Waals surface area contributed by atoms with Gasteiger partial charge in [0.25, 0.3) is 0 Å². The largest absolute Gasteiger partial charge is 0.325 e. The predicted octanol–water partition coefficient (Wildman–Crippen LogP) is 5.32. The molecule has 0 atom stereocenters. The molecule has 1 aliphatic rings. The SMILES string of the molecule is C/C=C\C1=C(/C=C\C)N(c2nc(SF)nc3nc(C)ccc23)CCC1.